The molecule has 0 heterocycles. The number of ketones is 2. The van der Waals surface area contributed by atoms with Gasteiger partial charge in [0.25, 0.3) is 0 Å². The third-order valence-corrected chi connectivity index (χ3v) is 2.64. The minimum atomic E-state index is -5.14. The molecule has 0 N–H and O–H groups in total. The number of carbonyl (C=O) groups is 2. The maximum absolute atomic E-state index is 13.0. The van der Waals surface area contributed by atoms with Crippen LogP contribution in [0.2, 0.25) is 10.0 Å². The van der Waals surface area contributed by atoms with Crippen molar-refractivity contribution >= 4 is 34.8 Å². The number of benzene rings is 1. The lowest BCUT2D eigenvalue weighted by atomic mass is 10.1. The van der Waals surface area contributed by atoms with E-state index in [1.807, 2.05) is 0 Å². The molecule has 1 rings (SSSR count). The molecule has 0 radical (unpaired) electrons. The molecular formula is C10H4Cl2F4O2. The third kappa shape index (κ3) is 3.20. The van der Waals surface area contributed by atoms with Crippen LogP contribution in [0.4, 0.5) is 17.6 Å². The smallest absolute Gasteiger partial charge is 0.294 e. The first-order chi connectivity index (χ1) is 8.14. The van der Waals surface area contributed by atoms with E-state index in [1.54, 1.807) is 0 Å². The molecule has 0 aliphatic rings. The van der Waals surface area contributed by atoms with Gasteiger partial charge in [-0.3, -0.25) is 9.59 Å². The first kappa shape index (κ1) is 14.9. The van der Waals surface area contributed by atoms with E-state index in [2.05, 4.69) is 0 Å². The highest BCUT2D eigenvalue weighted by Crippen LogP contribution is 2.29. The minimum absolute atomic E-state index is 0.318. The Balaban J connectivity index is 3.06. The topological polar surface area (TPSA) is 34.1 Å². The van der Waals surface area contributed by atoms with Crippen LogP contribution in [0.1, 0.15) is 16.8 Å². The van der Waals surface area contributed by atoms with Crippen LogP contribution in [0, 0.1) is 5.82 Å². The summed E-state index contributed by atoms with van der Waals surface area (Å²) >= 11 is 10.9. The predicted octanol–water partition coefficient (Wildman–Crippen LogP) is 3.84. The highest BCUT2D eigenvalue weighted by Gasteiger charge is 2.39. The molecule has 1 aromatic carbocycles. The normalized spacial score (nSPS) is 11.4. The van der Waals surface area contributed by atoms with Gasteiger partial charge in [0.1, 0.15) is 5.82 Å². The van der Waals surface area contributed by atoms with E-state index < -0.39 is 40.6 Å². The summed E-state index contributed by atoms with van der Waals surface area (Å²) in [5.41, 5.74) is -0.629. The largest absolute Gasteiger partial charge is 0.450 e. The van der Waals surface area contributed by atoms with E-state index >= 15 is 0 Å². The summed E-state index contributed by atoms with van der Waals surface area (Å²) in [6.07, 6.45) is -6.60. The molecule has 0 aliphatic heterocycles. The Kier molecular flexibility index (Phi) is 4.34. The molecule has 0 saturated carbocycles. The summed E-state index contributed by atoms with van der Waals surface area (Å²) in [5, 5.41) is -1.02. The summed E-state index contributed by atoms with van der Waals surface area (Å²) in [4.78, 5) is 22.1. The van der Waals surface area contributed by atoms with Crippen molar-refractivity contribution in [2.45, 2.75) is 12.6 Å². The molecule has 0 fully saturated rings. The quantitative estimate of drug-likeness (QED) is 0.368. The molecule has 8 heteroatoms. The van der Waals surface area contributed by atoms with Gasteiger partial charge in [0.05, 0.1) is 22.0 Å². The van der Waals surface area contributed by atoms with Crippen LogP contribution in [-0.4, -0.2) is 17.7 Å². The molecule has 0 saturated heterocycles. The number of hydrogen-bond donors (Lipinski definition) is 0. The number of hydrogen-bond acceptors (Lipinski definition) is 2. The van der Waals surface area contributed by atoms with Gasteiger partial charge in [0.2, 0.25) is 5.78 Å². The van der Waals surface area contributed by atoms with Gasteiger partial charge in [0, 0.05) is 0 Å². The van der Waals surface area contributed by atoms with Crippen LogP contribution in [0.25, 0.3) is 0 Å². The van der Waals surface area contributed by atoms with E-state index in [1.165, 1.54) is 0 Å². The van der Waals surface area contributed by atoms with Crippen molar-refractivity contribution in [1.82, 2.24) is 0 Å². The second-order valence-electron chi connectivity index (χ2n) is 3.24. The standard InChI is InChI=1S/C10H4Cl2F4O2/c11-4-1-2-5(13)9(12)8(4)6(17)3-7(18)10(14,15)16/h1-2H,3H2. The molecule has 0 unspecified atom stereocenters. The molecular weight excluding hydrogens is 299 g/mol. The lowest BCUT2D eigenvalue weighted by molar-refractivity contribution is -0.170. The Labute approximate surface area is 108 Å². The second kappa shape index (κ2) is 5.24. The molecule has 0 bridgehead atoms. The molecule has 0 aromatic heterocycles. The van der Waals surface area contributed by atoms with Crippen molar-refractivity contribution in [3.63, 3.8) is 0 Å². The molecule has 1 aromatic rings. The Morgan fingerprint density at radius 2 is 1.72 bits per heavy atom. The Hall–Kier alpha value is -1.14. The monoisotopic (exact) mass is 302 g/mol. The summed E-state index contributed by atoms with van der Waals surface area (Å²) < 4.78 is 48.9. The Bertz CT molecular complexity index is 511. The molecule has 18 heavy (non-hydrogen) atoms. The minimum Gasteiger partial charge on any atom is -0.294 e. The Morgan fingerprint density at radius 1 is 1.17 bits per heavy atom. The zero-order valence-electron chi connectivity index (χ0n) is 8.45. The van der Waals surface area contributed by atoms with Crippen LogP contribution >= 0.6 is 23.2 Å². The van der Waals surface area contributed by atoms with E-state index in [9.17, 15) is 27.2 Å². The van der Waals surface area contributed by atoms with Gasteiger partial charge in [0.15, 0.2) is 5.78 Å². The van der Waals surface area contributed by atoms with Gasteiger partial charge in [-0.15, -0.1) is 0 Å². The van der Waals surface area contributed by atoms with Crippen molar-refractivity contribution in [3.05, 3.63) is 33.6 Å². The van der Waals surface area contributed by atoms with Crippen LogP contribution in [0.15, 0.2) is 12.1 Å². The zero-order chi connectivity index (χ0) is 14.1. The third-order valence-electron chi connectivity index (χ3n) is 1.96. The lowest BCUT2D eigenvalue weighted by Gasteiger charge is -2.08. The molecule has 2 nitrogen and oxygen atoms in total. The second-order valence-corrected chi connectivity index (χ2v) is 4.02. The zero-order valence-corrected chi connectivity index (χ0v) is 9.96. The van der Waals surface area contributed by atoms with Crippen molar-refractivity contribution in [2.75, 3.05) is 0 Å². The van der Waals surface area contributed by atoms with Crippen LogP contribution < -0.4 is 0 Å². The average molecular weight is 303 g/mol. The fourth-order valence-electron chi connectivity index (χ4n) is 1.12. The number of rotatable bonds is 3. The number of carbonyl (C=O) groups excluding carboxylic acids is 2. The fourth-order valence-corrected chi connectivity index (χ4v) is 1.70. The van der Waals surface area contributed by atoms with Gasteiger partial charge < -0.3 is 0 Å². The number of Topliss-reactive ketones (excluding diaryl/α,β-unsaturated/α-hetero) is 2. The highest BCUT2D eigenvalue weighted by atomic mass is 35.5. The van der Waals surface area contributed by atoms with Crippen LogP contribution in [0.5, 0.6) is 0 Å². The number of alkyl halides is 3. The first-order valence-electron chi connectivity index (χ1n) is 4.41. The summed E-state index contributed by atoms with van der Waals surface area (Å²) in [7, 11) is 0. The van der Waals surface area contributed by atoms with Gasteiger partial charge in [-0.05, 0) is 12.1 Å². The number of halogens is 6. The van der Waals surface area contributed by atoms with Crippen molar-refractivity contribution in [3.8, 4) is 0 Å². The maximum Gasteiger partial charge on any atom is 0.450 e. The molecule has 0 spiro atoms. The first-order valence-corrected chi connectivity index (χ1v) is 5.17. The average Bonchev–Trinajstić information content (AvgIpc) is 2.22. The highest BCUT2D eigenvalue weighted by molar-refractivity contribution is 6.40. The van der Waals surface area contributed by atoms with Crippen LogP contribution in [0.3, 0.4) is 0 Å². The van der Waals surface area contributed by atoms with E-state index in [-0.39, 0.29) is 5.02 Å². The van der Waals surface area contributed by atoms with Gasteiger partial charge >= 0.3 is 6.18 Å². The molecule has 0 amide bonds. The summed E-state index contributed by atoms with van der Waals surface area (Å²) in [5.74, 6) is -4.54. The van der Waals surface area contributed by atoms with Crippen molar-refractivity contribution < 1.29 is 27.2 Å². The summed E-state index contributed by atoms with van der Waals surface area (Å²) in [6, 6.07) is 1.82. The van der Waals surface area contributed by atoms with Crippen LogP contribution in [-0.2, 0) is 4.79 Å². The van der Waals surface area contributed by atoms with E-state index in [0.717, 1.165) is 12.1 Å². The summed E-state index contributed by atoms with van der Waals surface area (Å²) in [6.45, 7) is 0. The maximum atomic E-state index is 13.0. The SMILES string of the molecule is O=C(CC(=O)C(F)(F)F)c1c(Cl)ccc(F)c1Cl. The fraction of sp³-hybridized carbons (Fsp3) is 0.200. The van der Waals surface area contributed by atoms with Crippen molar-refractivity contribution in [1.29, 1.82) is 0 Å². The predicted molar refractivity (Wildman–Crippen MR) is 56.4 cm³/mol. The molecule has 98 valence electrons. The molecule has 0 aliphatic carbocycles. The van der Waals surface area contributed by atoms with Gasteiger partial charge in [-0.25, -0.2) is 4.39 Å². The van der Waals surface area contributed by atoms with Crippen molar-refractivity contribution in [2.24, 2.45) is 0 Å². The van der Waals surface area contributed by atoms with E-state index in [0.29, 0.717) is 0 Å². The van der Waals surface area contributed by atoms with E-state index in [4.69, 9.17) is 23.2 Å². The lowest BCUT2D eigenvalue weighted by Crippen LogP contribution is -2.25. The van der Waals surface area contributed by atoms with Gasteiger partial charge in [-0.1, -0.05) is 23.2 Å². The molecule has 0 atom stereocenters. The van der Waals surface area contributed by atoms with Gasteiger partial charge in [-0.2, -0.15) is 13.2 Å². The Morgan fingerprint density at radius 3 is 2.22 bits per heavy atom.